The predicted molar refractivity (Wildman–Crippen MR) is 60.3 cm³/mol. The van der Waals surface area contributed by atoms with Gasteiger partial charge in [0.05, 0.1) is 6.20 Å². The molecule has 76 valence electrons. The molecule has 1 heterocycles. The standard InChI is InChI=1S/C12H13N3/c1-2-9(1)10-3-5-11(6-4-10)14-12-7-8-13-15-12/h3-9H,1-2H2,(H2,13,14,15). The minimum Gasteiger partial charge on any atom is -0.341 e. The molecular weight excluding hydrogens is 186 g/mol. The van der Waals surface area contributed by atoms with Crippen LogP contribution in [0.5, 0.6) is 0 Å². The van der Waals surface area contributed by atoms with E-state index in [2.05, 4.69) is 39.8 Å². The molecule has 0 bridgehead atoms. The lowest BCUT2D eigenvalue weighted by Crippen LogP contribution is -1.90. The normalized spacial score (nSPS) is 15.2. The third-order valence-electron chi connectivity index (χ3n) is 2.74. The van der Waals surface area contributed by atoms with Gasteiger partial charge in [0.15, 0.2) is 0 Å². The quantitative estimate of drug-likeness (QED) is 0.797. The van der Waals surface area contributed by atoms with E-state index in [4.69, 9.17) is 0 Å². The molecule has 0 atom stereocenters. The van der Waals surface area contributed by atoms with Crippen molar-refractivity contribution in [2.45, 2.75) is 18.8 Å². The molecule has 3 heteroatoms. The molecular formula is C12H13N3. The molecule has 0 aliphatic heterocycles. The first-order valence-corrected chi connectivity index (χ1v) is 5.28. The second-order valence-corrected chi connectivity index (χ2v) is 3.99. The number of hydrogen-bond acceptors (Lipinski definition) is 2. The summed E-state index contributed by atoms with van der Waals surface area (Å²) in [6.07, 6.45) is 4.45. The maximum Gasteiger partial charge on any atom is 0.125 e. The predicted octanol–water partition coefficient (Wildman–Crippen LogP) is 3.03. The molecule has 1 fully saturated rings. The van der Waals surface area contributed by atoms with Crippen LogP contribution in [0.3, 0.4) is 0 Å². The van der Waals surface area contributed by atoms with Crippen LogP contribution in [0.2, 0.25) is 0 Å². The Kier molecular flexibility index (Phi) is 1.95. The second kappa shape index (κ2) is 3.42. The summed E-state index contributed by atoms with van der Waals surface area (Å²) in [5, 5.41) is 10.0. The van der Waals surface area contributed by atoms with Crippen molar-refractivity contribution in [3.63, 3.8) is 0 Å². The first-order valence-electron chi connectivity index (χ1n) is 5.28. The molecule has 15 heavy (non-hydrogen) atoms. The Balaban J connectivity index is 1.75. The zero-order valence-electron chi connectivity index (χ0n) is 8.40. The Hall–Kier alpha value is -1.77. The van der Waals surface area contributed by atoms with E-state index in [9.17, 15) is 0 Å². The third kappa shape index (κ3) is 1.86. The molecule has 0 amide bonds. The zero-order chi connectivity index (χ0) is 10.1. The van der Waals surface area contributed by atoms with Crippen LogP contribution in [0, 0.1) is 0 Å². The lowest BCUT2D eigenvalue weighted by molar-refractivity contribution is 1.09. The highest BCUT2D eigenvalue weighted by Crippen LogP contribution is 2.40. The van der Waals surface area contributed by atoms with E-state index in [1.54, 1.807) is 6.20 Å². The first kappa shape index (κ1) is 8.53. The van der Waals surface area contributed by atoms with E-state index in [0.29, 0.717) is 0 Å². The van der Waals surface area contributed by atoms with Gasteiger partial charge >= 0.3 is 0 Å². The van der Waals surface area contributed by atoms with Crippen LogP contribution in [-0.2, 0) is 0 Å². The fourth-order valence-electron chi connectivity index (χ4n) is 1.74. The SMILES string of the molecule is c1cc(Nc2ccc(C3CC3)cc2)[nH]n1. The summed E-state index contributed by atoms with van der Waals surface area (Å²) in [6.45, 7) is 0. The highest BCUT2D eigenvalue weighted by molar-refractivity contribution is 5.56. The maximum atomic E-state index is 3.89. The number of nitrogens with zero attached hydrogens (tertiary/aromatic N) is 1. The van der Waals surface area contributed by atoms with Gasteiger partial charge in [-0.15, -0.1) is 0 Å². The summed E-state index contributed by atoms with van der Waals surface area (Å²) >= 11 is 0. The van der Waals surface area contributed by atoms with Crippen LogP contribution in [0.4, 0.5) is 11.5 Å². The highest BCUT2D eigenvalue weighted by atomic mass is 15.2. The van der Waals surface area contributed by atoms with E-state index >= 15 is 0 Å². The summed E-state index contributed by atoms with van der Waals surface area (Å²) < 4.78 is 0. The van der Waals surface area contributed by atoms with Crippen molar-refractivity contribution in [3.8, 4) is 0 Å². The van der Waals surface area contributed by atoms with Crippen molar-refractivity contribution in [1.29, 1.82) is 0 Å². The Morgan fingerprint density at radius 2 is 1.93 bits per heavy atom. The number of nitrogens with one attached hydrogen (secondary N) is 2. The van der Waals surface area contributed by atoms with Crippen molar-refractivity contribution in [1.82, 2.24) is 10.2 Å². The Labute approximate surface area is 88.5 Å². The molecule has 1 aromatic carbocycles. The Morgan fingerprint density at radius 3 is 2.53 bits per heavy atom. The van der Waals surface area contributed by atoms with Crippen molar-refractivity contribution in [2.24, 2.45) is 0 Å². The average Bonchev–Trinajstić information content (AvgIpc) is 2.99. The van der Waals surface area contributed by atoms with E-state index in [-0.39, 0.29) is 0 Å². The average molecular weight is 199 g/mol. The summed E-state index contributed by atoms with van der Waals surface area (Å²) in [4.78, 5) is 0. The van der Waals surface area contributed by atoms with Gasteiger partial charge in [0, 0.05) is 11.8 Å². The minimum atomic E-state index is 0.825. The lowest BCUT2D eigenvalue weighted by Gasteiger charge is -2.04. The van der Waals surface area contributed by atoms with Gasteiger partial charge in [0.2, 0.25) is 0 Å². The fraction of sp³-hybridized carbons (Fsp3) is 0.250. The van der Waals surface area contributed by atoms with Crippen LogP contribution in [0.1, 0.15) is 24.3 Å². The topological polar surface area (TPSA) is 40.7 Å². The lowest BCUT2D eigenvalue weighted by atomic mass is 10.1. The summed E-state index contributed by atoms with van der Waals surface area (Å²) in [7, 11) is 0. The molecule has 0 unspecified atom stereocenters. The van der Waals surface area contributed by atoms with E-state index in [1.807, 2.05) is 6.07 Å². The van der Waals surface area contributed by atoms with Gasteiger partial charge < -0.3 is 5.32 Å². The van der Waals surface area contributed by atoms with Gasteiger partial charge in [-0.3, -0.25) is 5.10 Å². The van der Waals surface area contributed by atoms with Crippen LogP contribution < -0.4 is 5.32 Å². The molecule has 0 saturated heterocycles. The fourth-order valence-corrected chi connectivity index (χ4v) is 1.74. The number of anilines is 2. The smallest absolute Gasteiger partial charge is 0.125 e. The molecule has 1 aliphatic rings. The summed E-state index contributed by atoms with van der Waals surface area (Å²) in [6, 6.07) is 10.6. The van der Waals surface area contributed by atoms with Gasteiger partial charge in [0.25, 0.3) is 0 Å². The number of rotatable bonds is 3. The number of benzene rings is 1. The van der Waals surface area contributed by atoms with Crippen LogP contribution in [0.15, 0.2) is 36.5 Å². The van der Waals surface area contributed by atoms with Crippen molar-refractivity contribution in [2.75, 3.05) is 5.32 Å². The first-order chi connectivity index (χ1) is 7.42. The van der Waals surface area contributed by atoms with E-state index in [0.717, 1.165) is 17.4 Å². The second-order valence-electron chi connectivity index (χ2n) is 3.99. The van der Waals surface area contributed by atoms with Gasteiger partial charge in [-0.25, -0.2) is 0 Å². The summed E-state index contributed by atoms with van der Waals surface area (Å²) in [5.41, 5.74) is 2.56. The number of aromatic amines is 1. The van der Waals surface area contributed by atoms with Crippen LogP contribution >= 0.6 is 0 Å². The van der Waals surface area contributed by atoms with E-state index in [1.165, 1.54) is 18.4 Å². The molecule has 2 aromatic rings. The number of hydrogen-bond donors (Lipinski definition) is 2. The molecule has 1 aliphatic carbocycles. The minimum absolute atomic E-state index is 0.825. The highest BCUT2D eigenvalue weighted by Gasteiger charge is 2.22. The molecule has 1 aromatic heterocycles. The monoisotopic (exact) mass is 199 g/mol. The third-order valence-corrected chi connectivity index (χ3v) is 2.74. The molecule has 3 nitrogen and oxygen atoms in total. The molecule has 1 saturated carbocycles. The van der Waals surface area contributed by atoms with Crippen LogP contribution in [-0.4, -0.2) is 10.2 Å². The van der Waals surface area contributed by atoms with E-state index < -0.39 is 0 Å². The molecule has 2 N–H and O–H groups in total. The molecule has 0 radical (unpaired) electrons. The van der Waals surface area contributed by atoms with Gasteiger partial charge in [-0.05, 0) is 36.5 Å². The molecule has 3 rings (SSSR count). The maximum absolute atomic E-state index is 3.89. The zero-order valence-corrected chi connectivity index (χ0v) is 8.40. The van der Waals surface area contributed by atoms with Crippen molar-refractivity contribution < 1.29 is 0 Å². The van der Waals surface area contributed by atoms with Gasteiger partial charge in [0.1, 0.15) is 5.82 Å². The Morgan fingerprint density at radius 1 is 1.13 bits per heavy atom. The van der Waals surface area contributed by atoms with Crippen molar-refractivity contribution >= 4 is 11.5 Å². The molecule has 0 spiro atoms. The number of H-pyrrole nitrogens is 1. The van der Waals surface area contributed by atoms with Crippen molar-refractivity contribution in [3.05, 3.63) is 42.1 Å². The number of aromatic nitrogens is 2. The Bertz CT molecular complexity index is 426. The van der Waals surface area contributed by atoms with Crippen LogP contribution in [0.25, 0.3) is 0 Å². The largest absolute Gasteiger partial charge is 0.341 e. The summed E-state index contributed by atoms with van der Waals surface area (Å²) in [5.74, 6) is 1.75. The van der Waals surface area contributed by atoms with Gasteiger partial charge in [-0.1, -0.05) is 12.1 Å². The van der Waals surface area contributed by atoms with Gasteiger partial charge in [-0.2, -0.15) is 5.10 Å².